The van der Waals surface area contributed by atoms with Gasteiger partial charge in [-0.3, -0.25) is 0 Å². The van der Waals surface area contributed by atoms with Crippen molar-refractivity contribution in [2.45, 2.75) is 48.2 Å². The molecule has 15 heavy (non-hydrogen) atoms. The third-order valence-corrected chi connectivity index (χ3v) is 5.16. The summed E-state index contributed by atoms with van der Waals surface area (Å²) in [4.78, 5) is 0. The van der Waals surface area contributed by atoms with Gasteiger partial charge >= 0.3 is 0 Å². The Morgan fingerprint density at radius 3 is 2.80 bits per heavy atom. The number of aromatic nitrogens is 2. The molecule has 2 unspecified atom stereocenters. The van der Waals surface area contributed by atoms with Crippen molar-refractivity contribution in [3.63, 3.8) is 0 Å². The van der Waals surface area contributed by atoms with E-state index in [0.29, 0.717) is 11.3 Å². The summed E-state index contributed by atoms with van der Waals surface area (Å²) in [6.07, 6.45) is 5.31. The Kier molecular flexibility index (Phi) is 3.99. The van der Waals surface area contributed by atoms with Gasteiger partial charge in [0, 0.05) is 11.3 Å². The van der Waals surface area contributed by atoms with Gasteiger partial charge in [-0.25, -0.2) is 0 Å². The first-order chi connectivity index (χ1) is 7.29. The highest BCUT2D eigenvalue weighted by atomic mass is 32.2. The molecule has 84 valence electrons. The Hall–Kier alpha value is -0.130. The Morgan fingerprint density at radius 1 is 1.33 bits per heavy atom. The lowest BCUT2D eigenvalue weighted by molar-refractivity contribution is 0.405. The van der Waals surface area contributed by atoms with E-state index < -0.39 is 0 Å². The molecule has 0 radical (unpaired) electrons. The van der Waals surface area contributed by atoms with Crippen LogP contribution in [0.5, 0.6) is 0 Å². The van der Waals surface area contributed by atoms with Crippen molar-refractivity contribution in [2.75, 3.05) is 7.05 Å². The van der Waals surface area contributed by atoms with Crippen LogP contribution in [0.25, 0.3) is 0 Å². The predicted octanol–water partition coefficient (Wildman–Crippen LogP) is 2.47. The zero-order valence-corrected chi connectivity index (χ0v) is 10.8. The molecule has 1 fully saturated rings. The van der Waals surface area contributed by atoms with Gasteiger partial charge in [0.1, 0.15) is 5.01 Å². The van der Waals surface area contributed by atoms with E-state index in [1.54, 1.807) is 11.3 Å². The molecule has 2 atom stereocenters. The Morgan fingerprint density at radius 2 is 2.13 bits per heavy atom. The average Bonchev–Trinajstić information content (AvgIpc) is 2.65. The molecule has 0 amide bonds. The third kappa shape index (κ3) is 2.92. The molecule has 0 aromatic carbocycles. The predicted molar refractivity (Wildman–Crippen MR) is 65.6 cm³/mol. The fraction of sp³-hybridized carbons (Fsp3) is 0.800. The van der Waals surface area contributed by atoms with Crippen LogP contribution in [0.1, 0.15) is 30.7 Å². The van der Waals surface area contributed by atoms with E-state index in [-0.39, 0.29) is 0 Å². The van der Waals surface area contributed by atoms with E-state index in [0.717, 1.165) is 9.35 Å². The molecule has 2 rings (SSSR count). The highest BCUT2D eigenvalue weighted by Crippen LogP contribution is 2.34. The van der Waals surface area contributed by atoms with Crippen LogP contribution in [0.15, 0.2) is 4.34 Å². The van der Waals surface area contributed by atoms with E-state index in [4.69, 9.17) is 0 Å². The number of hydrogen-bond acceptors (Lipinski definition) is 5. The summed E-state index contributed by atoms with van der Waals surface area (Å²) in [5, 5.41) is 13.4. The molecule has 1 saturated carbocycles. The normalized spacial score (nSPS) is 26.8. The molecular formula is C10H17N3S2. The maximum Gasteiger partial charge on any atom is 0.174 e. The summed E-state index contributed by atoms with van der Waals surface area (Å²) in [5.41, 5.74) is 0. The molecule has 3 nitrogen and oxygen atoms in total. The number of hydrogen-bond donors (Lipinski definition) is 1. The molecule has 0 spiro atoms. The van der Waals surface area contributed by atoms with E-state index in [9.17, 15) is 0 Å². The Bertz CT molecular complexity index is 313. The van der Waals surface area contributed by atoms with Gasteiger partial charge in [0.25, 0.3) is 0 Å². The maximum absolute atomic E-state index is 4.18. The van der Waals surface area contributed by atoms with Gasteiger partial charge < -0.3 is 5.32 Å². The number of rotatable bonds is 3. The topological polar surface area (TPSA) is 37.8 Å². The summed E-state index contributed by atoms with van der Waals surface area (Å²) >= 11 is 3.61. The van der Waals surface area contributed by atoms with Crippen LogP contribution < -0.4 is 5.32 Å². The van der Waals surface area contributed by atoms with Gasteiger partial charge in [0.05, 0.1) is 0 Å². The number of nitrogens with zero attached hydrogens (tertiary/aromatic N) is 2. The minimum absolute atomic E-state index is 0.646. The standard InChI is InChI=1S/C10H17N3S2/c1-7-12-13-10(14-7)15-9-6-4-3-5-8(9)11-2/h8-9,11H,3-6H2,1-2H3. The smallest absolute Gasteiger partial charge is 0.174 e. The number of thioether (sulfide) groups is 1. The van der Waals surface area contributed by atoms with Crippen molar-refractivity contribution in [1.29, 1.82) is 0 Å². The lowest BCUT2D eigenvalue weighted by Crippen LogP contribution is -2.38. The van der Waals surface area contributed by atoms with Crippen molar-refractivity contribution in [3.8, 4) is 0 Å². The summed E-state index contributed by atoms with van der Waals surface area (Å²) < 4.78 is 1.12. The quantitative estimate of drug-likeness (QED) is 0.885. The van der Waals surface area contributed by atoms with E-state index in [2.05, 4.69) is 22.6 Å². The summed E-state index contributed by atoms with van der Waals surface area (Å²) in [6.45, 7) is 2.01. The van der Waals surface area contributed by atoms with Crippen LogP contribution in [-0.2, 0) is 0 Å². The zero-order valence-electron chi connectivity index (χ0n) is 9.19. The third-order valence-electron chi connectivity index (χ3n) is 2.83. The van der Waals surface area contributed by atoms with Crippen molar-refractivity contribution in [2.24, 2.45) is 0 Å². The molecule has 1 aromatic heterocycles. The zero-order chi connectivity index (χ0) is 10.7. The van der Waals surface area contributed by atoms with Crippen LogP contribution in [-0.4, -0.2) is 28.5 Å². The largest absolute Gasteiger partial charge is 0.316 e. The molecule has 0 aliphatic heterocycles. The van der Waals surface area contributed by atoms with Gasteiger partial charge in [0.15, 0.2) is 4.34 Å². The first-order valence-corrected chi connectivity index (χ1v) is 7.13. The monoisotopic (exact) mass is 243 g/mol. The average molecular weight is 243 g/mol. The molecule has 0 saturated heterocycles. The van der Waals surface area contributed by atoms with E-state index in [1.165, 1.54) is 25.7 Å². The second-order valence-corrected chi connectivity index (χ2v) is 6.59. The lowest BCUT2D eigenvalue weighted by atomic mass is 9.95. The summed E-state index contributed by atoms with van der Waals surface area (Å²) in [5.74, 6) is 0. The van der Waals surface area contributed by atoms with Gasteiger partial charge in [-0.2, -0.15) is 0 Å². The first kappa shape index (κ1) is 11.4. The Labute approximate surface area is 99.1 Å². The molecule has 1 aliphatic carbocycles. The molecule has 0 bridgehead atoms. The summed E-state index contributed by atoms with van der Waals surface area (Å²) in [6, 6.07) is 0.646. The molecule has 1 aliphatic rings. The fourth-order valence-electron chi connectivity index (χ4n) is 2.02. The number of nitrogens with one attached hydrogen (secondary N) is 1. The highest BCUT2D eigenvalue weighted by molar-refractivity contribution is 8.01. The SMILES string of the molecule is CNC1CCCCC1Sc1nnc(C)s1. The van der Waals surface area contributed by atoms with Crippen molar-refractivity contribution in [3.05, 3.63) is 5.01 Å². The van der Waals surface area contributed by atoms with Crippen LogP contribution in [0.3, 0.4) is 0 Å². The van der Waals surface area contributed by atoms with E-state index >= 15 is 0 Å². The maximum atomic E-state index is 4.18. The van der Waals surface area contributed by atoms with Crippen molar-refractivity contribution in [1.82, 2.24) is 15.5 Å². The minimum atomic E-state index is 0.646. The van der Waals surface area contributed by atoms with Crippen LogP contribution >= 0.6 is 23.1 Å². The molecule has 1 N–H and O–H groups in total. The molecule has 1 heterocycles. The van der Waals surface area contributed by atoms with E-state index in [1.807, 2.05) is 18.7 Å². The van der Waals surface area contributed by atoms with Crippen LogP contribution in [0.2, 0.25) is 0 Å². The van der Waals surface area contributed by atoms with Gasteiger partial charge in [-0.15, -0.1) is 10.2 Å². The van der Waals surface area contributed by atoms with Gasteiger partial charge in [0.2, 0.25) is 0 Å². The molecular weight excluding hydrogens is 226 g/mol. The van der Waals surface area contributed by atoms with Crippen molar-refractivity contribution >= 4 is 23.1 Å². The van der Waals surface area contributed by atoms with Crippen LogP contribution in [0.4, 0.5) is 0 Å². The van der Waals surface area contributed by atoms with Gasteiger partial charge in [-0.1, -0.05) is 35.9 Å². The molecule has 1 aromatic rings. The fourth-order valence-corrected chi connectivity index (χ4v) is 4.43. The first-order valence-electron chi connectivity index (χ1n) is 5.43. The second kappa shape index (κ2) is 5.27. The van der Waals surface area contributed by atoms with Crippen molar-refractivity contribution < 1.29 is 0 Å². The summed E-state index contributed by atoms with van der Waals surface area (Å²) in [7, 11) is 2.06. The highest BCUT2D eigenvalue weighted by Gasteiger charge is 2.25. The minimum Gasteiger partial charge on any atom is -0.316 e. The lowest BCUT2D eigenvalue weighted by Gasteiger charge is -2.29. The van der Waals surface area contributed by atoms with Crippen LogP contribution in [0, 0.1) is 6.92 Å². The Balaban J connectivity index is 1.97. The van der Waals surface area contributed by atoms with Gasteiger partial charge in [-0.05, 0) is 26.8 Å². The number of aryl methyl sites for hydroxylation is 1. The second-order valence-electron chi connectivity index (χ2n) is 3.92. The molecule has 5 heteroatoms.